The number of halogens is 2. The van der Waals surface area contributed by atoms with E-state index in [0.29, 0.717) is 33.9 Å². The topological polar surface area (TPSA) is 86.9 Å². The Bertz CT molecular complexity index is 1290. The molecule has 3 heterocycles. The van der Waals surface area contributed by atoms with Crippen molar-refractivity contribution >= 4 is 28.3 Å². The average Bonchev–Trinajstić information content (AvgIpc) is 2.97. The Kier molecular flexibility index (Phi) is 4.19. The van der Waals surface area contributed by atoms with Crippen molar-refractivity contribution in [2.24, 2.45) is 0 Å². The molecule has 3 aromatic heterocycles. The minimum Gasteiger partial charge on any atom is -0.397 e. The quantitative estimate of drug-likeness (QED) is 0.507. The third-order valence-electron chi connectivity index (χ3n) is 4.64. The SMILES string of the molecule is Cc1noc(C)c1-c1ccc2c(=O)cc(C)n(-c3cc(N)c(Cl)cc3F)c2n1. The van der Waals surface area contributed by atoms with Gasteiger partial charge in [0.25, 0.3) is 0 Å². The molecule has 0 spiro atoms. The average molecular weight is 399 g/mol. The normalized spacial score (nSPS) is 11.3. The molecule has 0 atom stereocenters. The number of rotatable bonds is 2. The lowest BCUT2D eigenvalue weighted by molar-refractivity contribution is 0.393. The van der Waals surface area contributed by atoms with Gasteiger partial charge in [-0.3, -0.25) is 9.36 Å². The third kappa shape index (κ3) is 2.75. The second-order valence-corrected chi connectivity index (χ2v) is 6.98. The summed E-state index contributed by atoms with van der Waals surface area (Å²) in [5.41, 5.74) is 8.87. The second-order valence-electron chi connectivity index (χ2n) is 6.58. The first-order valence-electron chi connectivity index (χ1n) is 8.49. The molecule has 2 N–H and O–H groups in total. The Morgan fingerprint density at radius 2 is 1.93 bits per heavy atom. The Hall–Kier alpha value is -3.19. The van der Waals surface area contributed by atoms with E-state index in [0.717, 1.165) is 11.6 Å². The minimum absolute atomic E-state index is 0.119. The predicted octanol–water partition coefficient (Wildman–Crippen LogP) is 4.34. The molecular formula is C20H16ClFN4O2. The van der Waals surface area contributed by atoms with Crippen molar-refractivity contribution in [3.8, 4) is 16.9 Å². The van der Waals surface area contributed by atoms with Crippen molar-refractivity contribution in [2.45, 2.75) is 20.8 Å². The maximum absolute atomic E-state index is 14.7. The van der Waals surface area contributed by atoms with E-state index in [1.165, 1.54) is 12.1 Å². The fourth-order valence-electron chi connectivity index (χ4n) is 3.33. The van der Waals surface area contributed by atoms with E-state index in [1.807, 2.05) is 0 Å². The van der Waals surface area contributed by atoms with E-state index in [4.69, 9.17) is 21.9 Å². The molecule has 0 amide bonds. The number of aromatic nitrogens is 3. The highest BCUT2D eigenvalue weighted by molar-refractivity contribution is 6.33. The molecule has 0 aliphatic heterocycles. The van der Waals surface area contributed by atoms with Gasteiger partial charge < -0.3 is 10.3 Å². The van der Waals surface area contributed by atoms with E-state index in [2.05, 4.69) is 10.1 Å². The van der Waals surface area contributed by atoms with Crippen LogP contribution in [-0.4, -0.2) is 14.7 Å². The molecule has 0 aliphatic carbocycles. The number of benzene rings is 1. The number of aryl methyl sites for hydroxylation is 3. The van der Waals surface area contributed by atoms with Crippen molar-refractivity contribution in [1.82, 2.24) is 14.7 Å². The molecule has 0 radical (unpaired) electrons. The first-order chi connectivity index (χ1) is 13.3. The largest absolute Gasteiger partial charge is 0.397 e. The van der Waals surface area contributed by atoms with Crippen LogP contribution in [0.4, 0.5) is 10.1 Å². The molecule has 0 fully saturated rings. The number of fused-ring (bicyclic) bond motifs is 1. The van der Waals surface area contributed by atoms with Crippen LogP contribution in [0.25, 0.3) is 28.0 Å². The maximum Gasteiger partial charge on any atom is 0.191 e. The number of nitrogens with zero attached hydrogens (tertiary/aromatic N) is 3. The molecule has 0 bridgehead atoms. The molecular weight excluding hydrogens is 383 g/mol. The van der Waals surface area contributed by atoms with Crippen LogP contribution in [0.5, 0.6) is 0 Å². The number of nitrogen functional groups attached to an aromatic ring is 1. The van der Waals surface area contributed by atoms with Crippen LogP contribution in [0.2, 0.25) is 5.02 Å². The zero-order chi connectivity index (χ0) is 20.2. The standard InChI is InChI=1S/C20H16ClFN4O2/c1-9-6-18(27)12-4-5-16(19-10(2)25-28-11(19)3)24-20(12)26(9)17-8-15(23)13(21)7-14(17)22/h4-8H,23H2,1-3H3. The molecule has 4 rings (SSSR count). The van der Waals surface area contributed by atoms with E-state index in [1.54, 1.807) is 37.5 Å². The Morgan fingerprint density at radius 3 is 2.61 bits per heavy atom. The first kappa shape index (κ1) is 18.2. The van der Waals surface area contributed by atoms with Gasteiger partial charge in [0.05, 0.1) is 38.7 Å². The lowest BCUT2D eigenvalue weighted by Gasteiger charge is -2.16. The van der Waals surface area contributed by atoms with Gasteiger partial charge in [0.1, 0.15) is 17.2 Å². The predicted molar refractivity (Wildman–Crippen MR) is 106 cm³/mol. The smallest absolute Gasteiger partial charge is 0.191 e. The molecule has 0 unspecified atom stereocenters. The van der Waals surface area contributed by atoms with Crippen LogP contribution in [0.3, 0.4) is 0 Å². The number of anilines is 1. The van der Waals surface area contributed by atoms with Crippen LogP contribution in [0, 0.1) is 26.6 Å². The second kappa shape index (κ2) is 6.45. The van der Waals surface area contributed by atoms with Crippen molar-refractivity contribution in [2.75, 3.05) is 5.73 Å². The molecule has 0 saturated heterocycles. The third-order valence-corrected chi connectivity index (χ3v) is 4.97. The van der Waals surface area contributed by atoms with Gasteiger partial charge >= 0.3 is 0 Å². The van der Waals surface area contributed by atoms with E-state index >= 15 is 0 Å². The summed E-state index contributed by atoms with van der Waals surface area (Å²) in [6.45, 7) is 5.29. The van der Waals surface area contributed by atoms with Gasteiger partial charge in [-0.2, -0.15) is 0 Å². The van der Waals surface area contributed by atoms with Crippen molar-refractivity contribution in [1.29, 1.82) is 0 Å². The first-order valence-corrected chi connectivity index (χ1v) is 8.87. The Morgan fingerprint density at radius 1 is 1.18 bits per heavy atom. The summed E-state index contributed by atoms with van der Waals surface area (Å²) in [6.07, 6.45) is 0. The van der Waals surface area contributed by atoms with Crippen LogP contribution in [0.15, 0.2) is 39.6 Å². The number of pyridine rings is 2. The van der Waals surface area contributed by atoms with Gasteiger partial charge in [0.15, 0.2) is 5.43 Å². The highest BCUT2D eigenvalue weighted by Gasteiger charge is 2.18. The lowest BCUT2D eigenvalue weighted by atomic mass is 10.1. The number of hydrogen-bond acceptors (Lipinski definition) is 5. The number of hydrogen-bond donors (Lipinski definition) is 1. The summed E-state index contributed by atoms with van der Waals surface area (Å²) < 4.78 is 21.5. The van der Waals surface area contributed by atoms with E-state index in [-0.39, 0.29) is 21.8 Å². The van der Waals surface area contributed by atoms with Crippen molar-refractivity contribution in [3.63, 3.8) is 0 Å². The Balaban J connectivity index is 2.11. The zero-order valence-corrected chi connectivity index (χ0v) is 16.1. The van der Waals surface area contributed by atoms with Gasteiger partial charge in [0, 0.05) is 11.8 Å². The van der Waals surface area contributed by atoms with Gasteiger partial charge in [-0.25, -0.2) is 9.37 Å². The fourth-order valence-corrected chi connectivity index (χ4v) is 3.48. The minimum atomic E-state index is -0.572. The van der Waals surface area contributed by atoms with Gasteiger partial charge in [-0.15, -0.1) is 0 Å². The molecule has 0 saturated carbocycles. The summed E-state index contributed by atoms with van der Waals surface area (Å²) in [4.78, 5) is 17.2. The van der Waals surface area contributed by atoms with E-state index in [9.17, 15) is 9.18 Å². The van der Waals surface area contributed by atoms with Crippen LogP contribution in [0.1, 0.15) is 17.1 Å². The number of nitrogens with two attached hydrogens (primary N) is 1. The summed E-state index contributed by atoms with van der Waals surface area (Å²) in [5.74, 6) is 0.0320. The molecule has 142 valence electrons. The molecule has 6 nitrogen and oxygen atoms in total. The monoisotopic (exact) mass is 398 g/mol. The van der Waals surface area contributed by atoms with Crippen LogP contribution >= 0.6 is 11.6 Å². The summed E-state index contributed by atoms with van der Waals surface area (Å²) >= 11 is 5.93. The summed E-state index contributed by atoms with van der Waals surface area (Å²) in [7, 11) is 0. The lowest BCUT2D eigenvalue weighted by Crippen LogP contribution is -2.14. The maximum atomic E-state index is 14.7. The van der Waals surface area contributed by atoms with Gasteiger partial charge in [-0.1, -0.05) is 16.8 Å². The highest BCUT2D eigenvalue weighted by Crippen LogP contribution is 2.30. The molecule has 1 aromatic carbocycles. The molecule has 0 aliphatic rings. The highest BCUT2D eigenvalue weighted by atomic mass is 35.5. The van der Waals surface area contributed by atoms with Crippen LogP contribution in [-0.2, 0) is 0 Å². The van der Waals surface area contributed by atoms with Gasteiger partial charge in [0.2, 0.25) is 0 Å². The molecule has 8 heteroatoms. The van der Waals surface area contributed by atoms with Crippen molar-refractivity contribution < 1.29 is 8.91 Å². The van der Waals surface area contributed by atoms with Crippen molar-refractivity contribution in [3.05, 3.63) is 68.5 Å². The molecule has 28 heavy (non-hydrogen) atoms. The fraction of sp³-hybridized carbons (Fsp3) is 0.150. The van der Waals surface area contributed by atoms with Crippen LogP contribution < -0.4 is 11.2 Å². The van der Waals surface area contributed by atoms with E-state index < -0.39 is 5.82 Å². The Labute approximate surface area is 164 Å². The zero-order valence-electron chi connectivity index (χ0n) is 15.4. The summed E-state index contributed by atoms with van der Waals surface area (Å²) in [5, 5.41) is 4.42. The van der Waals surface area contributed by atoms with Gasteiger partial charge in [-0.05, 0) is 45.0 Å². The summed E-state index contributed by atoms with van der Waals surface area (Å²) in [6, 6.07) is 7.40. The molecule has 4 aromatic rings.